The topological polar surface area (TPSA) is 149 Å². The zero-order valence-corrected chi connectivity index (χ0v) is 15.8. The van der Waals surface area contributed by atoms with Crippen molar-refractivity contribution in [2.45, 2.75) is 24.8 Å². The second kappa shape index (κ2) is 7.40. The van der Waals surface area contributed by atoms with E-state index in [0.29, 0.717) is 10.7 Å². The van der Waals surface area contributed by atoms with Crippen LogP contribution in [0, 0.1) is 6.92 Å². The molecule has 0 radical (unpaired) electrons. The van der Waals surface area contributed by atoms with Gasteiger partial charge >= 0.3 is 5.97 Å². The van der Waals surface area contributed by atoms with E-state index in [1.54, 1.807) is 13.8 Å². The molecule has 11 heteroatoms. The maximum atomic E-state index is 12.5. The number of carbonyl (C=O) groups is 2. The van der Waals surface area contributed by atoms with Crippen molar-refractivity contribution in [1.29, 1.82) is 0 Å². The lowest BCUT2D eigenvalue weighted by molar-refractivity contribution is 0.0700. The zero-order valence-electron chi connectivity index (χ0n) is 14.1. The first-order valence-electron chi connectivity index (χ1n) is 7.27. The molecule has 0 saturated carbocycles. The Morgan fingerprint density at radius 2 is 2.04 bits per heavy atom. The minimum Gasteiger partial charge on any atom is -0.496 e. The average molecular weight is 399 g/mol. The summed E-state index contributed by atoms with van der Waals surface area (Å²) in [6, 6.07) is 3.08. The molecule has 0 fully saturated rings. The molecule has 0 aliphatic heterocycles. The van der Waals surface area contributed by atoms with Gasteiger partial charge in [0.05, 0.1) is 29.3 Å². The summed E-state index contributed by atoms with van der Waals surface area (Å²) in [5, 5.41) is 17.2. The minimum absolute atomic E-state index is 0.0161. The number of primary sulfonamides is 1. The van der Waals surface area contributed by atoms with Gasteiger partial charge in [0, 0.05) is 0 Å². The highest BCUT2D eigenvalue weighted by Crippen LogP contribution is 2.26. The van der Waals surface area contributed by atoms with Crippen LogP contribution >= 0.6 is 11.3 Å². The monoisotopic (exact) mass is 399 g/mol. The number of thiazole rings is 1. The van der Waals surface area contributed by atoms with Gasteiger partial charge in [-0.25, -0.2) is 23.3 Å². The van der Waals surface area contributed by atoms with Crippen LogP contribution in [0.3, 0.4) is 0 Å². The normalized spacial score (nSPS) is 12.5. The number of sulfonamides is 1. The number of aromatic carboxylic acids is 1. The highest BCUT2D eigenvalue weighted by Gasteiger charge is 2.22. The predicted molar refractivity (Wildman–Crippen MR) is 94.1 cm³/mol. The molecular weight excluding hydrogens is 382 g/mol. The van der Waals surface area contributed by atoms with E-state index in [-0.39, 0.29) is 21.1 Å². The molecule has 0 spiro atoms. The second-order valence-electron chi connectivity index (χ2n) is 5.37. The Morgan fingerprint density at radius 1 is 1.38 bits per heavy atom. The summed E-state index contributed by atoms with van der Waals surface area (Å²) in [5.41, 5.74) is 0.338. The minimum atomic E-state index is -3.99. The number of rotatable bonds is 6. The fraction of sp³-hybridized carbons (Fsp3) is 0.267. The molecule has 0 saturated heterocycles. The molecule has 1 heterocycles. The maximum Gasteiger partial charge on any atom is 0.347 e. The standard InChI is InChI=1S/C15H17N3O6S2/c1-7-12(15(20)21)25-14(18-7)8(2)17-13(19)10-6-9(26(16,22)23)4-5-11(10)24-3/h4-6,8H,1-3H3,(H,17,19)(H,20,21)(H2,16,22,23). The largest absolute Gasteiger partial charge is 0.496 e. The van der Waals surface area contributed by atoms with E-state index in [0.717, 1.165) is 17.4 Å². The van der Waals surface area contributed by atoms with Gasteiger partial charge in [-0.1, -0.05) is 0 Å². The SMILES string of the molecule is COc1ccc(S(N)(=O)=O)cc1C(=O)NC(C)c1nc(C)c(C(=O)O)s1. The number of hydrogen-bond donors (Lipinski definition) is 3. The Kier molecular flexibility index (Phi) is 5.64. The van der Waals surface area contributed by atoms with Crippen molar-refractivity contribution < 1.29 is 27.9 Å². The third kappa shape index (κ3) is 4.18. The molecule has 1 amide bonds. The molecule has 1 aromatic carbocycles. The number of carbonyl (C=O) groups excluding carboxylic acids is 1. The third-order valence-electron chi connectivity index (χ3n) is 3.47. The molecule has 0 bridgehead atoms. The summed E-state index contributed by atoms with van der Waals surface area (Å²) < 4.78 is 28.1. The lowest BCUT2D eigenvalue weighted by Crippen LogP contribution is -2.27. The van der Waals surface area contributed by atoms with Gasteiger partial charge in [-0.05, 0) is 32.0 Å². The number of ether oxygens (including phenoxy) is 1. The Balaban J connectivity index is 2.31. The average Bonchev–Trinajstić information content (AvgIpc) is 2.95. The van der Waals surface area contributed by atoms with Crippen LogP contribution in [0.15, 0.2) is 23.1 Å². The zero-order chi connectivity index (χ0) is 19.6. The Labute approximate surface area is 153 Å². The summed E-state index contributed by atoms with van der Waals surface area (Å²) >= 11 is 0.958. The molecule has 0 aliphatic rings. The van der Waals surface area contributed by atoms with Crippen molar-refractivity contribution in [2.75, 3.05) is 7.11 Å². The fourth-order valence-corrected chi connectivity index (χ4v) is 3.63. The lowest BCUT2D eigenvalue weighted by atomic mass is 10.1. The van der Waals surface area contributed by atoms with Crippen LogP contribution in [0.25, 0.3) is 0 Å². The molecule has 1 unspecified atom stereocenters. The molecule has 1 atom stereocenters. The first kappa shape index (κ1) is 19.8. The van der Waals surface area contributed by atoms with Crippen molar-refractivity contribution in [2.24, 2.45) is 5.14 Å². The second-order valence-corrected chi connectivity index (χ2v) is 7.97. The molecule has 1 aromatic heterocycles. The Morgan fingerprint density at radius 3 is 2.54 bits per heavy atom. The fourth-order valence-electron chi connectivity index (χ4n) is 2.18. The van der Waals surface area contributed by atoms with E-state index in [4.69, 9.17) is 15.0 Å². The molecule has 140 valence electrons. The molecule has 26 heavy (non-hydrogen) atoms. The van der Waals surface area contributed by atoms with Crippen LogP contribution in [0.2, 0.25) is 0 Å². The summed E-state index contributed by atoms with van der Waals surface area (Å²) in [6.07, 6.45) is 0. The van der Waals surface area contributed by atoms with Gasteiger partial charge in [-0.15, -0.1) is 11.3 Å². The van der Waals surface area contributed by atoms with Gasteiger partial charge in [0.15, 0.2) is 0 Å². The number of carboxylic acid groups (broad SMARTS) is 1. The van der Waals surface area contributed by atoms with Crippen LogP contribution in [0.5, 0.6) is 5.75 Å². The van der Waals surface area contributed by atoms with Crippen LogP contribution in [0.1, 0.15) is 43.7 Å². The van der Waals surface area contributed by atoms with E-state index in [1.807, 2.05) is 0 Å². The van der Waals surface area contributed by atoms with Crippen molar-refractivity contribution in [3.05, 3.63) is 39.3 Å². The van der Waals surface area contributed by atoms with Gasteiger partial charge < -0.3 is 15.2 Å². The Bertz CT molecular complexity index is 968. The molecule has 2 aromatic rings. The highest BCUT2D eigenvalue weighted by molar-refractivity contribution is 7.89. The van der Waals surface area contributed by atoms with Gasteiger partial charge in [-0.2, -0.15) is 0 Å². The van der Waals surface area contributed by atoms with Crippen LogP contribution in [-0.4, -0.2) is 37.5 Å². The third-order valence-corrected chi connectivity index (χ3v) is 5.71. The van der Waals surface area contributed by atoms with Gasteiger partial charge in [-0.3, -0.25) is 4.79 Å². The molecular formula is C15H17N3O6S2. The van der Waals surface area contributed by atoms with Crippen molar-refractivity contribution in [3.8, 4) is 5.75 Å². The van der Waals surface area contributed by atoms with E-state index in [1.165, 1.54) is 19.2 Å². The molecule has 4 N–H and O–H groups in total. The number of aromatic nitrogens is 1. The quantitative estimate of drug-likeness (QED) is 0.663. The van der Waals surface area contributed by atoms with E-state index < -0.39 is 27.9 Å². The number of nitrogens with two attached hydrogens (primary N) is 1. The van der Waals surface area contributed by atoms with Crippen LogP contribution in [0.4, 0.5) is 0 Å². The highest BCUT2D eigenvalue weighted by atomic mass is 32.2. The van der Waals surface area contributed by atoms with Gasteiger partial charge in [0.1, 0.15) is 15.6 Å². The number of aryl methyl sites for hydroxylation is 1. The lowest BCUT2D eigenvalue weighted by Gasteiger charge is -2.14. The number of nitrogens with zero attached hydrogens (tertiary/aromatic N) is 1. The number of amides is 1. The van der Waals surface area contributed by atoms with E-state index >= 15 is 0 Å². The maximum absolute atomic E-state index is 12.5. The molecule has 9 nitrogen and oxygen atoms in total. The summed E-state index contributed by atoms with van der Waals surface area (Å²) in [7, 11) is -2.64. The number of benzene rings is 1. The summed E-state index contributed by atoms with van der Waals surface area (Å²) in [6.45, 7) is 3.20. The number of hydrogen-bond acceptors (Lipinski definition) is 7. The van der Waals surface area contributed by atoms with Crippen molar-refractivity contribution in [1.82, 2.24) is 10.3 Å². The number of methoxy groups -OCH3 is 1. The van der Waals surface area contributed by atoms with E-state index in [9.17, 15) is 18.0 Å². The number of carboxylic acids is 1. The first-order valence-corrected chi connectivity index (χ1v) is 9.63. The summed E-state index contributed by atoms with van der Waals surface area (Å²) in [5.74, 6) is -1.53. The molecule has 2 rings (SSSR count). The van der Waals surface area contributed by atoms with Gasteiger partial charge in [0.25, 0.3) is 5.91 Å². The smallest absolute Gasteiger partial charge is 0.347 e. The van der Waals surface area contributed by atoms with Crippen LogP contribution < -0.4 is 15.2 Å². The van der Waals surface area contributed by atoms with Crippen molar-refractivity contribution >= 4 is 33.2 Å². The van der Waals surface area contributed by atoms with Gasteiger partial charge in [0.2, 0.25) is 10.0 Å². The van der Waals surface area contributed by atoms with E-state index in [2.05, 4.69) is 10.3 Å². The summed E-state index contributed by atoms with van der Waals surface area (Å²) in [4.78, 5) is 27.7. The molecule has 0 aliphatic carbocycles. The predicted octanol–water partition coefficient (Wildman–Crippen LogP) is 1.30. The van der Waals surface area contributed by atoms with Crippen molar-refractivity contribution in [3.63, 3.8) is 0 Å². The Hall–Kier alpha value is -2.50. The van der Waals surface area contributed by atoms with Crippen LogP contribution in [-0.2, 0) is 10.0 Å². The first-order chi connectivity index (χ1) is 12.0. The number of nitrogens with one attached hydrogen (secondary N) is 1.